The van der Waals surface area contributed by atoms with Crippen molar-refractivity contribution in [2.75, 3.05) is 13.1 Å². The van der Waals surface area contributed by atoms with Gasteiger partial charge in [0.2, 0.25) is 0 Å². The second-order valence-corrected chi connectivity index (χ2v) is 5.75. The number of aliphatic carboxylic acids is 1. The molecule has 102 valence electrons. The van der Waals surface area contributed by atoms with Gasteiger partial charge in [-0.2, -0.15) is 0 Å². The molecule has 0 saturated heterocycles. The molecule has 2 aromatic rings. The summed E-state index contributed by atoms with van der Waals surface area (Å²) in [5.41, 5.74) is 0. The van der Waals surface area contributed by atoms with E-state index in [0.717, 1.165) is 6.54 Å². The Balaban J connectivity index is 2.16. The number of hydrogen-bond donors (Lipinski definition) is 1. The minimum atomic E-state index is -0.734. The van der Waals surface area contributed by atoms with E-state index in [0.29, 0.717) is 6.54 Å². The average Bonchev–Trinajstić information content (AvgIpc) is 2.82. The molecule has 3 nitrogen and oxygen atoms in total. The highest BCUT2D eigenvalue weighted by molar-refractivity contribution is 7.19. The van der Waals surface area contributed by atoms with Gasteiger partial charge in [-0.3, -0.25) is 9.69 Å². The van der Waals surface area contributed by atoms with Crippen molar-refractivity contribution in [1.82, 2.24) is 4.90 Å². The SMILES string of the molecule is CCN(CCC(=O)O)C(C)c1cc2ccccc2s1. The summed E-state index contributed by atoms with van der Waals surface area (Å²) < 4.78 is 1.29. The summed E-state index contributed by atoms with van der Waals surface area (Å²) in [6.45, 7) is 5.69. The van der Waals surface area contributed by atoms with Gasteiger partial charge in [0.05, 0.1) is 6.42 Å². The van der Waals surface area contributed by atoms with E-state index in [-0.39, 0.29) is 12.5 Å². The molecular weight excluding hydrogens is 258 g/mol. The normalized spacial score (nSPS) is 13.0. The van der Waals surface area contributed by atoms with Crippen LogP contribution < -0.4 is 0 Å². The summed E-state index contributed by atoms with van der Waals surface area (Å²) in [7, 11) is 0. The van der Waals surface area contributed by atoms with Crippen LogP contribution in [0.4, 0.5) is 0 Å². The van der Waals surface area contributed by atoms with Crippen molar-refractivity contribution < 1.29 is 9.90 Å². The molecule has 19 heavy (non-hydrogen) atoms. The number of carboxylic acid groups (broad SMARTS) is 1. The molecule has 0 aliphatic rings. The van der Waals surface area contributed by atoms with Crippen LogP contribution in [0.3, 0.4) is 0 Å². The molecule has 0 fully saturated rings. The van der Waals surface area contributed by atoms with Crippen LogP contribution in [-0.2, 0) is 4.79 Å². The molecule has 0 amide bonds. The standard InChI is InChI=1S/C15H19NO2S/c1-3-16(9-8-15(17)18)11(2)14-10-12-6-4-5-7-13(12)19-14/h4-7,10-11H,3,8-9H2,1-2H3,(H,17,18). The van der Waals surface area contributed by atoms with Crippen molar-refractivity contribution in [3.63, 3.8) is 0 Å². The molecule has 1 aromatic carbocycles. The molecule has 0 spiro atoms. The lowest BCUT2D eigenvalue weighted by atomic mass is 10.2. The maximum absolute atomic E-state index is 10.7. The molecular formula is C15H19NO2S. The molecule has 0 radical (unpaired) electrons. The van der Waals surface area contributed by atoms with Crippen LogP contribution in [-0.4, -0.2) is 29.1 Å². The number of benzene rings is 1. The molecule has 1 atom stereocenters. The summed E-state index contributed by atoms with van der Waals surface area (Å²) >= 11 is 1.79. The fourth-order valence-corrected chi connectivity index (χ4v) is 3.40. The predicted octanol–water partition coefficient (Wildman–Crippen LogP) is 3.76. The Labute approximate surface area is 117 Å². The number of hydrogen-bond acceptors (Lipinski definition) is 3. The highest BCUT2D eigenvalue weighted by atomic mass is 32.1. The highest BCUT2D eigenvalue weighted by Crippen LogP contribution is 2.32. The van der Waals surface area contributed by atoms with Crippen LogP contribution >= 0.6 is 11.3 Å². The van der Waals surface area contributed by atoms with E-state index in [9.17, 15) is 4.79 Å². The Hall–Kier alpha value is -1.39. The summed E-state index contributed by atoms with van der Waals surface area (Å²) in [5.74, 6) is -0.734. The van der Waals surface area contributed by atoms with Crippen LogP contribution in [0.25, 0.3) is 10.1 Å². The van der Waals surface area contributed by atoms with Crippen LogP contribution in [0.5, 0.6) is 0 Å². The Morgan fingerprint density at radius 2 is 2.16 bits per heavy atom. The quantitative estimate of drug-likeness (QED) is 0.874. The molecule has 4 heteroatoms. The summed E-state index contributed by atoms with van der Waals surface area (Å²) in [4.78, 5) is 14.2. The van der Waals surface area contributed by atoms with E-state index in [1.165, 1.54) is 15.0 Å². The first-order valence-electron chi connectivity index (χ1n) is 6.56. The minimum absolute atomic E-state index is 0.197. The molecule has 0 aliphatic carbocycles. The molecule has 1 N–H and O–H groups in total. The number of fused-ring (bicyclic) bond motifs is 1. The van der Waals surface area contributed by atoms with Gasteiger partial charge in [0, 0.05) is 22.2 Å². The number of thiophene rings is 1. The van der Waals surface area contributed by atoms with Gasteiger partial charge in [-0.25, -0.2) is 0 Å². The van der Waals surface area contributed by atoms with Gasteiger partial charge in [0.15, 0.2) is 0 Å². The Kier molecular flexibility index (Phi) is 4.56. The van der Waals surface area contributed by atoms with Crippen LogP contribution in [0, 0.1) is 0 Å². The summed E-state index contributed by atoms with van der Waals surface area (Å²) in [6, 6.07) is 10.8. The lowest BCUT2D eigenvalue weighted by Crippen LogP contribution is -2.28. The Bertz CT molecular complexity index is 531. The first kappa shape index (κ1) is 14.0. The van der Waals surface area contributed by atoms with E-state index < -0.39 is 5.97 Å². The maximum Gasteiger partial charge on any atom is 0.304 e. The summed E-state index contributed by atoms with van der Waals surface area (Å²) in [5, 5.41) is 10.1. The van der Waals surface area contributed by atoms with E-state index >= 15 is 0 Å². The third-order valence-electron chi connectivity index (χ3n) is 3.42. The monoisotopic (exact) mass is 277 g/mol. The zero-order chi connectivity index (χ0) is 13.8. The van der Waals surface area contributed by atoms with Gasteiger partial charge in [0.25, 0.3) is 0 Å². The lowest BCUT2D eigenvalue weighted by Gasteiger charge is -2.26. The van der Waals surface area contributed by atoms with Gasteiger partial charge < -0.3 is 5.11 Å². The van der Waals surface area contributed by atoms with Crippen molar-refractivity contribution in [1.29, 1.82) is 0 Å². The second-order valence-electron chi connectivity index (χ2n) is 4.63. The van der Waals surface area contributed by atoms with Crippen molar-refractivity contribution in [3.05, 3.63) is 35.2 Å². The largest absolute Gasteiger partial charge is 0.481 e. The minimum Gasteiger partial charge on any atom is -0.481 e. The third-order valence-corrected chi connectivity index (χ3v) is 4.71. The fraction of sp³-hybridized carbons (Fsp3) is 0.400. The number of carbonyl (C=O) groups is 1. The number of nitrogens with zero attached hydrogens (tertiary/aromatic N) is 1. The average molecular weight is 277 g/mol. The van der Waals surface area contributed by atoms with Crippen molar-refractivity contribution in [2.24, 2.45) is 0 Å². The highest BCUT2D eigenvalue weighted by Gasteiger charge is 2.17. The van der Waals surface area contributed by atoms with Crippen molar-refractivity contribution >= 4 is 27.4 Å². The lowest BCUT2D eigenvalue weighted by molar-refractivity contribution is -0.137. The Morgan fingerprint density at radius 3 is 2.79 bits per heavy atom. The van der Waals surface area contributed by atoms with Crippen molar-refractivity contribution in [2.45, 2.75) is 26.3 Å². The van der Waals surface area contributed by atoms with Gasteiger partial charge in [-0.1, -0.05) is 25.1 Å². The van der Waals surface area contributed by atoms with E-state index in [2.05, 4.69) is 43.0 Å². The molecule has 1 unspecified atom stereocenters. The first-order valence-corrected chi connectivity index (χ1v) is 7.37. The fourth-order valence-electron chi connectivity index (χ4n) is 2.25. The predicted molar refractivity (Wildman–Crippen MR) is 79.7 cm³/mol. The van der Waals surface area contributed by atoms with E-state index in [1.807, 2.05) is 6.07 Å². The van der Waals surface area contributed by atoms with Gasteiger partial charge in [0.1, 0.15) is 0 Å². The zero-order valence-electron chi connectivity index (χ0n) is 11.3. The first-order chi connectivity index (χ1) is 9.11. The molecule has 1 heterocycles. The number of carboxylic acids is 1. The topological polar surface area (TPSA) is 40.5 Å². The Morgan fingerprint density at radius 1 is 1.42 bits per heavy atom. The van der Waals surface area contributed by atoms with Gasteiger partial charge in [-0.15, -0.1) is 11.3 Å². The summed E-state index contributed by atoms with van der Waals surface area (Å²) in [6.07, 6.45) is 0.197. The molecule has 0 bridgehead atoms. The van der Waals surface area contributed by atoms with Gasteiger partial charge >= 0.3 is 5.97 Å². The smallest absolute Gasteiger partial charge is 0.304 e. The molecule has 2 rings (SSSR count). The van der Waals surface area contributed by atoms with Crippen LogP contribution in [0.1, 0.15) is 31.2 Å². The second kappa shape index (κ2) is 6.17. The van der Waals surface area contributed by atoms with E-state index in [1.54, 1.807) is 11.3 Å². The van der Waals surface area contributed by atoms with E-state index in [4.69, 9.17) is 5.11 Å². The van der Waals surface area contributed by atoms with Crippen LogP contribution in [0.15, 0.2) is 30.3 Å². The molecule has 0 saturated carbocycles. The molecule has 0 aliphatic heterocycles. The number of rotatable bonds is 6. The third kappa shape index (κ3) is 3.33. The van der Waals surface area contributed by atoms with Crippen molar-refractivity contribution in [3.8, 4) is 0 Å². The van der Waals surface area contributed by atoms with Gasteiger partial charge in [-0.05, 0) is 31.0 Å². The van der Waals surface area contributed by atoms with Crippen LogP contribution in [0.2, 0.25) is 0 Å². The molecule has 1 aromatic heterocycles. The zero-order valence-corrected chi connectivity index (χ0v) is 12.1. The maximum atomic E-state index is 10.7.